The lowest BCUT2D eigenvalue weighted by atomic mass is 9.79. The molecule has 0 unspecified atom stereocenters. The predicted octanol–water partition coefficient (Wildman–Crippen LogP) is 5.43. The van der Waals surface area contributed by atoms with E-state index >= 15 is 0 Å². The topological polar surface area (TPSA) is 109 Å². The van der Waals surface area contributed by atoms with Crippen LogP contribution >= 0.6 is 0 Å². The van der Waals surface area contributed by atoms with Gasteiger partial charge in [0.25, 0.3) is 0 Å². The van der Waals surface area contributed by atoms with Crippen molar-refractivity contribution < 1.29 is 27.0 Å². The molecule has 0 aliphatic rings. The van der Waals surface area contributed by atoms with Crippen molar-refractivity contribution >= 4 is 19.7 Å². The monoisotopic (exact) mass is 510 g/mol. The summed E-state index contributed by atoms with van der Waals surface area (Å²) >= 11 is 0. The first-order valence-corrected chi connectivity index (χ1v) is 15.1. The summed E-state index contributed by atoms with van der Waals surface area (Å²) in [7, 11) is -7.49. The summed E-state index contributed by atoms with van der Waals surface area (Å²) in [5, 5.41) is 21.3. The van der Waals surface area contributed by atoms with Crippen molar-refractivity contribution in [3.8, 4) is 11.5 Å². The molecule has 2 rings (SSSR count). The minimum absolute atomic E-state index is 0.0266. The lowest BCUT2D eigenvalue weighted by Gasteiger charge is -2.29. The van der Waals surface area contributed by atoms with E-state index in [9.17, 15) is 27.0 Å². The third kappa shape index (κ3) is 5.95. The highest BCUT2D eigenvalue weighted by Crippen LogP contribution is 2.44. The summed E-state index contributed by atoms with van der Waals surface area (Å²) in [6, 6.07) is 5.95. The van der Waals surface area contributed by atoms with Crippen molar-refractivity contribution in [3.63, 3.8) is 0 Å². The van der Waals surface area contributed by atoms with Crippen LogP contribution in [0.5, 0.6) is 11.5 Å². The maximum Gasteiger partial charge on any atom is 0.175 e. The van der Waals surface area contributed by atoms with Gasteiger partial charge in [-0.25, -0.2) is 16.8 Å². The minimum Gasteiger partial charge on any atom is -0.508 e. The van der Waals surface area contributed by atoms with Crippen LogP contribution in [0, 0.1) is 0 Å². The molecule has 2 N–H and O–H groups in total. The number of phenolic OH excluding ortho intramolecular Hbond substituents is 2. The van der Waals surface area contributed by atoms with Crippen molar-refractivity contribution in [3.05, 3.63) is 46.5 Å². The van der Waals surface area contributed by atoms with E-state index in [0.29, 0.717) is 35.1 Å². The summed E-state index contributed by atoms with van der Waals surface area (Å²) in [5.41, 5.74) is 1.09. The van der Waals surface area contributed by atoms with Crippen LogP contribution in [0.2, 0.25) is 0 Å². The smallest absolute Gasteiger partial charge is 0.175 e. The van der Waals surface area contributed by atoms with E-state index in [1.807, 2.05) is 48.5 Å². The van der Waals surface area contributed by atoms with Crippen LogP contribution in [-0.2, 0) is 30.5 Å². The molecule has 0 atom stereocenters. The molecule has 0 fully saturated rings. The SMILES string of the molecule is CCCC(c1cc(C(C)(C)C)c(O)cc1S(C)(=O)=O)c1cc(C(C)(C)C)c(O)cc1S(C)(=O)=O. The summed E-state index contributed by atoms with van der Waals surface area (Å²) < 4.78 is 51.2. The highest BCUT2D eigenvalue weighted by molar-refractivity contribution is 7.91. The van der Waals surface area contributed by atoms with E-state index in [4.69, 9.17) is 0 Å². The molecule has 0 saturated carbocycles. The Hall–Kier alpha value is -2.06. The van der Waals surface area contributed by atoms with Crippen LogP contribution < -0.4 is 0 Å². The Morgan fingerprint density at radius 2 is 1.03 bits per heavy atom. The second-order valence-corrected chi connectivity index (χ2v) is 15.2. The van der Waals surface area contributed by atoms with Crippen LogP contribution in [0.1, 0.15) is 89.5 Å². The average molecular weight is 511 g/mol. The number of sulfone groups is 2. The number of hydrogen-bond donors (Lipinski definition) is 2. The van der Waals surface area contributed by atoms with E-state index in [2.05, 4.69) is 0 Å². The molecule has 0 aliphatic heterocycles. The standard InChI is InChI=1S/C26H38O6S2/c1-10-11-16(17-12-19(25(2,3)4)21(27)14-23(17)33(8,29)30)18-13-20(26(5,6)7)22(28)15-24(18)34(9,31)32/h12-16,27-28H,10-11H2,1-9H3. The second kappa shape index (κ2) is 9.19. The number of benzene rings is 2. The van der Waals surface area contributed by atoms with Crippen molar-refractivity contribution in [1.82, 2.24) is 0 Å². The maximum absolute atomic E-state index is 12.8. The second-order valence-electron chi connectivity index (χ2n) is 11.2. The molecule has 0 aliphatic carbocycles. The molecule has 0 amide bonds. The summed E-state index contributed by atoms with van der Waals surface area (Å²) in [6.07, 6.45) is 3.31. The van der Waals surface area contributed by atoms with Gasteiger partial charge in [0.2, 0.25) is 0 Å². The van der Waals surface area contributed by atoms with Crippen molar-refractivity contribution in [2.24, 2.45) is 0 Å². The van der Waals surface area contributed by atoms with Crippen LogP contribution in [0.4, 0.5) is 0 Å². The Bertz CT molecular complexity index is 1190. The Morgan fingerprint density at radius 3 is 1.26 bits per heavy atom. The third-order valence-corrected chi connectivity index (χ3v) is 8.30. The van der Waals surface area contributed by atoms with Gasteiger partial charge in [-0.05, 0) is 63.8 Å². The third-order valence-electron chi connectivity index (χ3n) is 6.00. The normalized spacial score (nSPS) is 13.5. The number of aromatic hydroxyl groups is 2. The zero-order valence-corrected chi connectivity index (χ0v) is 23.3. The molecule has 0 aromatic heterocycles. The zero-order chi connectivity index (χ0) is 26.4. The van der Waals surface area contributed by atoms with Gasteiger partial charge in [-0.2, -0.15) is 0 Å². The molecule has 34 heavy (non-hydrogen) atoms. The van der Waals surface area contributed by atoms with E-state index in [0.717, 1.165) is 12.5 Å². The van der Waals surface area contributed by atoms with Gasteiger partial charge in [0.15, 0.2) is 19.7 Å². The van der Waals surface area contributed by atoms with Crippen molar-refractivity contribution in [2.75, 3.05) is 12.5 Å². The largest absolute Gasteiger partial charge is 0.508 e. The molecular weight excluding hydrogens is 472 g/mol. The molecular formula is C26H38O6S2. The fourth-order valence-electron chi connectivity index (χ4n) is 4.33. The molecule has 0 radical (unpaired) electrons. The fraction of sp³-hybridized carbons (Fsp3) is 0.538. The first-order valence-electron chi connectivity index (χ1n) is 11.3. The molecule has 190 valence electrons. The first-order chi connectivity index (χ1) is 15.2. The number of hydrogen-bond acceptors (Lipinski definition) is 6. The lowest BCUT2D eigenvalue weighted by molar-refractivity contribution is 0.442. The predicted molar refractivity (Wildman–Crippen MR) is 137 cm³/mol. The molecule has 0 spiro atoms. The Kier molecular flexibility index (Phi) is 7.62. The Labute approximate surface area is 204 Å². The van der Waals surface area contributed by atoms with Crippen LogP contribution in [-0.4, -0.2) is 39.6 Å². The van der Waals surface area contributed by atoms with Gasteiger partial charge in [-0.1, -0.05) is 54.9 Å². The van der Waals surface area contributed by atoms with Crippen molar-refractivity contribution in [2.45, 2.75) is 87.8 Å². The molecule has 0 bridgehead atoms. The summed E-state index contributed by atoms with van der Waals surface area (Å²) in [5.74, 6) is -0.810. The first kappa shape index (κ1) is 28.2. The molecule has 0 heterocycles. The van der Waals surface area contributed by atoms with E-state index in [1.165, 1.54) is 12.1 Å². The van der Waals surface area contributed by atoms with Gasteiger partial charge in [0.1, 0.15) is 11.5 Å². The van der Waals surface area contributed by atoms with Gasteiger partial charge in [-0.15, -0.1) is 0 Å². The summed E-state index contributed by atoms with van der Waals surface area (Å²) in [6.45, 7) is 13.5. The number of rotatable bonds is 6. The van der Waals surface area contributed by atoms with Gasteiger partial charge in [0.05, 0.1) is 9.79 Å². The average Bonchev–Trinajstić information content (AvgIpc) is 2.62. The molecule has 6 nitrogen and oxygen atoms in total. The van der Waals surface area contributed by atoms with Crippen LogP contribution in [0.15, 0.2) is 34.1 Å². The molecule has 2 aromatic rings. The fourth-order valence-corrected chi connectivity index (χ4v) is 6.24. The van der Waals surface area contributed by atoms with Crippen molar-refractivity contribution in [1.29, 1.82) is 0 Å². The Morgan fingerprint density at radius 1 is 0.706 bits per heavy atom. The Balaban J connectivity index is 3.10. The van der Waals surface area contributed by atoms with Gasteiger partial charge >= 0.3 is 0 Å². The molecule has 0 saturated heterocycles. The van der Waals surface area contributed by atoms with E-state index in [-0.39, 0.29) is 21.3 Å². The van der Waals surface area contributed by atoms with E-state index in [1.54, 1.807) is 12.1 Å². The van der Waals surface area contributed by atoms with Gasteiger partial charge in [-0.3, -0.25) is 0 Å². The quantitative estimate of drug-likeness (QED) is 0.536. The highest BCUT2D eigenvalue weighted by atomic mass is 32.2. The van der Waals surface area contributed by atoms with Crippen LogP contribution in [0.25, 0.3) is 0 Å². The molecule has 8 heteroatoms. The van der Waals surface area contributed by atoms with Crippen LogP contribution in [0.3, 0.4) is 0 Å². The summed E-state index contributed by atoms with van der Waals surface area (Å²) in [4.78, 5) is -0.0532. The highest BCUT2D eigenvalue weighted by Gasteiger charge is 2.32. The van der Waals surface area contributed by atoms with E-state index < -0.39 is 36.4 Å². The van der Waals surface area contributed by atoms with Gasteiger partial charge in [0, 0.05) is 18.4 Å². The minimum atomic E-state index is -3.74. The maximum atomic E-state index is 12.8. The van der Waals surface area contributed by atoms with Gasteiger partial charge < -0.3 is 10.2 Å². The zero-order valence-electron chi connectivity index (χ0n) is 21.6. The lowest BCUT2D eigenvalue weighted by Crippen LogP contribution is -2.18. The molecule has 2 aromatic carbocycles. The number of phenols is 2.